The quantitative estimate of drug-likeness (QED) is 0.116. The standard InChI is InChI=1S/C37H50N4O6S/c1-7-8-15-34-38-37(18-11-12-19-37)36(42)40(34)24-29-16-17-31(30(23-29)22-26(2)3)32-13-9-10-14-33(32)48(43,44)41(25-46-21-20-45-6)35-27(4)28(5)39-47-35/h9-10,13-14,16-17,23,26H,7-8,11-12,15,18-22,24-25H2,1-6H3. The predicted molar refractivity (Wildman–Crippen MR) is 187 cm³/mol. The van der Waals surface area contributed by atoms with Crippen molar-refractivity contribution >= 4 is 27.7 Å². The Bertz CT molecular complexity index is 1720. The van der Waals surface area contributed by atoms with Crippen molar-refractivity contribution in [1.29, 1.82) is 0 Å². The van der Waals surface area contributed by atoms with Gasteiger partial charge in [-0.1, -0.05) is 81.6 Å². The van der Waals surface area contributed by atoms with Crippen molar-refractivity contribution < 1.29 is 27.2 Å². The predicted octanol–water partition coefficient (Wildman–Crippen LogP) is 7.22. The van der Waals surface area contributed by atoms with Crippen molar-refractivity contribution in [2.75, 3.05) is 31.4 Å². The van der Waals surface area contributed by atoms with Gasteiger partial charge in [-0.2, -0.15) is 0 Å². The lowest BCUT2D eigenvalue weighted by atomic mass is 9.91. The number of methoxy groups -OCH3 is 1. The normalized spacial score (nSPS) is 16.0. The minimum Gasteiger partial charge on any atom is -0.382 e. The number of carbonyl (C=O) groups is 1. The van der Waals surface area contributed by atoms with Crippen LogP contribution in [0.1, 0.15) is 88.1 Å². The number of carbonyl (C=O) groups excluding carboxylic acids is 1. The number of amides is 1. The lowest BCUT2D eigenvalue weighted by molar-refractivity contribution is -0.131. The fourth-order valence-corrected chi connectivity index (χ4v) is 8.24. The van der Waals surface area contributed by atoms with E-state index in [0.29, 0.717) is 35.9 Å². The minimum absolute atomic E-state index is 0.119. The van der Waals surface area contributed by atoms with Gasteiger partial charge < -0.3 is 14.0 Å². The molecular weight excluding hydrogens is 628 g/mol. The monoisotopic (exact) mass is 678 g/mol. The second-order valence-electron chi connectivity index (χ2n) is 13.4. The first-order valence-corrected chi connectivity index (χ1v) is 18.6. The summed E-state index contributed by atoms with van der Waals surface area (Å²) < 4.78 is 46.6. The van der Waals surface area contributed by atoms with E-state index in [4.69, 9.17) is 19.0 Å². The summed E-state index contributed by atoms with van der Waals surface area (Å²) in [5.74, 6) is 1.46. The number of unbranched alkanes of at least 4 members (excludes halogenated alkanes) is 1. The molecule has 2 aromatic carbocycles. The van der Waals surface area contributed by atoms with E-state index in [-0.39, 0.29) is 30.0 Å². The maximum absolute atomic E-state index is 14.5. The number of hydrogen-bond donors (Lipinski definition) is 0. The molecule has 3 aromatic rings. The third kappa shape index (κ3) is 7.38. The average Bonchev–Trinajstić information content (AvgIpc) is 3.74. The molecule has 0 bridgehead atoms. The number of aryl methyl sites for hydroxylation is 1. The summed E-state index contributed by atoms with van der Waals surface area (Å²) in [5.41, 5.74) is 4.08. The van der Waals surface area contributed by atoms with E-state index in [0.717, 1.165) is 78.2 Å². The maximum atomic E-state index is 14.5. The van der Waals surface area contributed by atoms with Crippen LogP contribution in [0.3, 0.4) is 0 Å². The van der Waals surface area contributed by atoms with Gasteiger partial charge in [-0.15, -0.1) is 0 Å². The average molecular weight is 679 g/mol. The molecule has 2 aliphatic rings. The largest absolute Gasteiger partial charge is 0.382 e. The van der Waals surface area contributed by atoms with Gasteiger partial charge in [0.25, 0.3) is 15.9 Å². The number of anilines is 1. The molecule has 0 N–H and O–H groups in total. The van der Waals surface area contributed by atoms with Crippen LogP contribution in [-0.4, -0.2) is 62.8 Å². The molecule has 1 aromatic heterocycles. The van der Waals surface area contributed by atoms with Crippen LogP contribution in [0.2, 0.25) is 0 Å². The SMILES string of the molecule is CCCCC1=NC2(CCCC2)C(=O)N1Cc1ccc(-c2ccccc2S(=O)(=O)N(COCCOC)c2onc(C)c2C)c(CC(C)C)c1. The van der Waals surface area contributed by atoms with E-state index in [1.165, 1.54) is 0 Å². The molecule has 0 unspecified atom stereocenters. The van der Waals surface area contributed by atoms with Crippen LogP contribution in [0, 0.1) is 19.8 Å². The first-order chi connectivity index (χ1) is 23.0. The van der Waals surface area contributed by atoms with Gasteiger partial charge in [-0.3, -0.25) is 14.7 Å². The number of amidine groups is 1. The third-order valence-electron chi connectivity index (χ3n) is 9.37. The van der Waals surface area contributed by atoms with Gasteiger partial charge in [0.05, 0.1) is 30.3 Å². The highest BCUT2D eigenvalue weighted by molar-refractivity contribution is 7.93. The van der Waals surface area contributed by atoms with Crippen molar-refractivity contribution in [1.82, 2.24) is 10.1 Å². The van der Waals surface area contributed by atoms with Crippen molar-refractivity contribution in [2.45, 2.75) is 103 Å². The number of aliphatic imine (C=N–C) groups is 1. The molecule has 5 rings (SSSR count). The zero-order valence-corrected chi connectivity index (χ0v) is 30.1. The number of nitrogens with zero attached hydrogens (tertiary/aromatic N) is 4. The molecule has 0 saturated heterocycles. The highest BCUT2D eigenvalue weighted by Gasteiger charge is 2.49. The van der Waals surface area contributed by atoms with Crippen LogP contribution < -0.4 is 4.31 Å². The van der Waals surface area contributed by atoms with Gasteiger partial charge in [0.1, 0.15) is 18.1 Å². The first kappa shape index (κ1) is 35.8. The molecule has 2 heterocycles. The van der Waals surface area contributed by atoms with Gasteiger partial charge in [-0.25, -0.2) is 12.7 Å². The van der Waals surface area contributed by atoms with Crippen LogP contribution >= 0.6 is 0 Å². The Morgan fingerprint density at radius 1 is 1.06 bits per heavy atom. The van der Waals surface area contributed by atoms with Crippen LogP contribution in [0.15, 0.2) is 56.9 Å². The molecule has 0 atom stereocenters. The van der Waals surface area contributed by atoms with E-state index in [2.05, 4.69) is 32.0 Å². The van der Waals surface area contributed by atoms with Gasteiger partial charge in [0.15, 0.2) is 0 Å². The molecule has 1 spiro atoms. The summed E-state index contributed by atoms with van der Waals surface area (Å²) in [6.07, 6.45) is 7.26. The molecule has 1 aliphatic heterocycles. The summed E-state index contributed by atoms with van der Waals surface area (Å²) in [6.45, 7) is 10.7. The lowest BCUT2D eigenvalue weighted by Crippen LogP contribution is -2.40. The summed E-state index contributed by atoms with van der Waals surface area (Å²) in [7, 11) is -2.61. The number of aromatic nitrogens is 1. The summed E-state index contributed by atoms with van der Waals surface area (Å²) in [6, 6.07) is 13.2. The van der Waals surface area contributed by atoms with E-state index >= 15 is 0 Å². The fourth-order valence-electron chi connectivity index (χ4n) is 6.69. The Balaban J connectivity index is 1.52. The third-order valence-corrected chi connectivity index (χ3v) is 11.1. The summed E-state index contributed by atoms with van der Waals surface area (Å²) in [4.78, 5) is 21.0. The Kier molecular flexibility index (Phi) is 11.4. The molecule has 11 heteroatoms. The Hall–Kier alpha value is -3.54. The van der Waals surface area contributed by atoms with Crippen LogP contribution in [0.5, 0.6) is 0 Å². The molecule has 260 valence electrons. The number of hydrogen-bond acceptors (Lipinski definition) is 8. The number of benzene rings is 2. The van der Waals surface area contributed by atoms with Crippen LogP contribution in [0.4, 0.5) is 5.88 Å². The maximum Gasteiger partial charge on any atom is 0.269 e. The van der Waals surface area contributed by atoms with Gasteiger partial charge in [0, 0.05) is 24.7 Å². The van der Waals surface area contributed by atoms with Crippen molar-refractivity contribution in [3.8, 4) is 11.1 Å². The Morgan fingerprint density at radius 3 is 2.48 bits per heavy atom. The van der Waals surface area contributed by atoms with E-state index in [1.807, 2.05) is 29.2 Å². The van der Waals surface area contributed by atoms with E-state index in [9.17, 15) is 13.2 Å². The molecular formula is C37H50N4O6S. The summed E-state index contributed by atoms with van der Waals surface area (Å²) >= 11 is 0. The summed E-state index contributed by atoms with van der Waals surface area (Å²) in [5, 5.41) is 4.02. The fraction of sp³-hybridized carbons (Fsp3) is 0.541. The van der Waals surface area contributed by atoms with E-state index in [1.54, 1.807) is 33.1 Å². The van der Waals surface area contributed by atoms with Gasteiger partial charge in [-0.05, 0) is 68.2 Å². The van der Waals surface area contributed by atoms with Crippen molar-refractivity contribution in [3.05, 3.63) is 64.8 Å². The number of rotatable bonds is 16. The minimum atomic E-state index is -4.17. The number of ether oxygens (including phenoxy) is 2. The Morgan fingerprint density at radius 2 is 1.81 bits per heavy atom. The van der Waals surface area contributed by atoms with Crippen LogP contribution in [0.25, 0.3) is 11.1 Å². The molecule has 1 fully saturated rings. The number of sulfonamides is 1. The molecule has 1 amide bonds. The zero-order chi connectivity index (χ0) is 34.5. The smallest absolute Gasteiger partial charge is 0.269 e. The zero-order valence-electron chi connectivity index (χ0n) is 29.3. The second kappa shape index (κ2) is 15.3. The highest BCUT2D eigenvalue weighted by Crippen LogP contribution is 2.41. The molecule has 10 nitrogen and oxygen atoms in total. The lowest BCUT2D eigenvalue weighted by Gasteiger charge is -2.25. The molecule has 1 saturated carbocycles. The van der Waals surface area contributed by atoms with Crippen LogP contribution in [-0.2, 0) is 37.3 Å². The second-order valence-corrected chi connectivity index (χ2v) is 15.3. The molecule has 48 heavy (non-hydrogen) atoms. The molecule has 0 radical (unpaired) electrons. The first-order valence-electron chi connectivity index (χ1n) is 17.2. The molecule has 1 aliphatic carbocycles. The van der Waals surface area contributed by atoms with E-state index < -0.39 is 15.6 Å². The topological polar surface area (TPSA) is 115 Å². The van der Waals surface area contributed by atoms with Gasteiger partial charge in [0.2, 0.25) is 5.88 Å². The highest BCUT2D eigenvalue weighted by atomic mass is 32.2. The van der Waals surface area contributed by atoms with Crippen molar-refractivity contribution in [2.24, 2.45) is 10.9 Å². The Labute approximate surface area is 285 Å². The van der Waals surface area contributed by atoms with Gasteiger partial charge >= 0.3 is 0 Å². The van der Waals surface area contributed by atoms with Crippen molar-refractivity contribution in [3.63, 3.8) is 0 Å².